The number of fused-ring (bicyclic) bond motifs is 1. The summed E-state index contributed by atoms with van der Waals surface area (Å²) in [6.07, 6.45) is -0.0964. The summed E-state index contributed by atoms with van der Waals surface area (Å²) in [5.74, 6) is -1.01. The molecular formula is C17H19BrN2O4. The van der Waals surface area contributed by atoms with Gasteiger partial charge in [0.15, 0.2) is 0 Å². The van der Waals surface area contributed by atoms with E-state index in [4.69, 9.17) is 9.84 Å². The summed E-state index contributed by atoms with van der Waals surface area (Å²) < 4.78 is 8.29. The lowest BCUT2D eigenvalue weighted by Gasteiger charge is -2.35. The molecule has 1 atom stereocenters. The molecule has 1 aliphatic heterocycles. The van der Waals surface area contributed by atoms with Crippen LogP contribution in [0, 0.1) is 6.92 Å². The highest BCUT2D eigenvalue weighted by Crippen LogP contribution is 2.30. The van der Waals surface area contributed by atoms with Crippen LogP contribution in [-0.2, 0) is 20.9 Å². The standard InChI is InChI=1S/C17H19BrN2O4/c1-11-17(18)13-4-2-3-5-14(13)20(11)9-15(21)19-6-7-24-10-12(19)8-16(22)23/h2-5,12H,6-10H2,1H3,(H,22,23). The molecular weight excluding hydrogens is 376 g/mol. The summed E-state index contributed by atoms with van der Waals surface area (Å²) in [4.78, 5) is 25.5. The van der Waals surface area contributed by atoms with Crippen LogP contribution in [0.1, 0.15) is 12.1 Å². The molecule has 1 aromatic heterocycles. The van der Waals surface area contributed by atoms with E-state index in [0.29, 0.717) is 13.2 Å². The van der Waals surface area contributed by atoms with Gasteiger partial charge in [0.1, 0.15) is 6.54 Å². The van der Waals surface area contributed by atoms with E-state index < -0.39 is 12.0 Å². The summed E-state index contributed by atoms with van der Waals surface area (Å²) in [6.45, 7) is 3.29. The second-order valence-electron chi connectivity index (χ2n) is 5.92. The predicted octanol–water partition coefficient (Wildman–Crippen LogP) is 2.41. The maximum absolute atomic E-state index is 12.8. The van der Waals surface area contributed by atoms with Crippen LogP contribution in [0.3, 0.4) is 0 Å². The quantitative estimate of drug-likeness (QED) is 0.863. The van der Waals surface area contributed by atoms with Crippen LogP contribution in [0.5, 0.6) is 0 Å². The Kier molecular flexibility index (Phi) is 4.91. The lowest BCUT2D eigenvalue weighted by atomic mass is 10.1. The van der Waals surface area contributed by atoms with E-state index in [1.54, 1.807) is 4.90 Å². The fraction of sp³-hybridized carbons (Fsp3) is 0.412. The van der Waals surface area contributed by atoms with Gasteiger partial charge >= 0.3 is 5.97 Å². The summed E-state index contributed by atoms with van der Waals surface area (Å²) in [7, 11) is 0. The summed E-state index contributed by atoms with van der Waals surface area (Å²) >= 11 is 3.59. The Balaban J connectivity index is 1.86. The van der Waals surface area contributed by atoms with Crippen molar-refractivity contribution in [2.45, 2.75) is 25.9 Å². The molecule has 0 radical (unpaired) electrons. The van der Waals surface area contributed by atoms with Crippen LogP contribution < -0.4 is 0 Å². The van der Waals surface area contributed by atoms with Gasteiger partial charge < -0.3 is 19.3 Å². The van der Waals surface area contributed by atoms with Gasteiger partial charge in [-0.25, -0.2) is 0 Å². The smallest absolute Gasteiger partial charge is 0.305 e. The van der Waals surface area contributed by atoms with Crippen molar-refractivity contribution in [2.24, 2.45) is 0 Å². The Morgan fingerprint density at radius 2 is 2.12 bits per heavy atom. The van der Waals surface area contributed by atoms with Gasteiger partial charge in [-0.15, -0.1) is 0 Å². The van der Waals surface area contributed by atoms with Crippen LogP contribution in [0.15, 0.2) is 28.7 Å². The first-order chi connectivity index (χ1) is 11.5. The van der Waals surface area contributed by atoms with Gasteiger partial charge in [0.05, 0.1) is 25.7 Å². The molecule has 0 saturated carbocycles. The van der Waals surface area contributed by atoms with Crippen molar-refractivity contribution >= 4 is 38.7 Å². The average Bonchev–Trinajstić information content (AvgIpc) is 2.80. The molecule has 1 saturated heterocycles. The summed E-state index contributed by atoms with van der Waals surface area (Å²) in [5.41, 5.74) is 1.96. The van der Waals surface area contributed by atoms with Crippen LogP contribution in [0.2, 0.25) is 0 Å². The minimum absolute atomic E-state index is 0.0825. The van der Waals surface area contributed by atoms with Gasteiger partial charge in [0, 0.05) is 27.6 Å². The zero-order valence-corrected chi connectivity index (χ0v) is 15.0. The van der Waals surface area contributed by atoms with Crippen molar-refractivity contribution in [1.29, 1.82) is 0 Å². The third kappa shape index (κ3) is 3.18. The molecule has 0 spiro atoms. The fourth-order valence-electron chi connectivity index (χ4n) is 3.17. The van der Waals surface area contributed by atoms with Gasteiger partial charge in [-0.3, -0.25) is 9.59 Å². The second kappa shape index (κ2) is 6.94. The number of hydrogen-bond donors (Lipinski definition) is 1. The Hall–Kier alpha value is -1.86. The van der Waals surface area contributed by atoms with Crippen LogP contribution in [0.4, 0.5) is 0 Å². The van der Waals surface area contributed by atoms with Gasteiger partial charge in [-0.05, 0) is 28.9 Å². The number of benzene rings is 1. The minimum atomic E-state index is -0.923. The van der Waals surface area contributed by atoms with Gasteiger partial charge in [-0.1, -0.05) is 18.2 Å². The number of carboxylic acids is 1. The van der Waals surface area contributed by atoms with Crippen LogP contribution in [0.25, 0.3) is 10.9 Å². The van der Waals surface area contributed by atoms with Crippen molar-refractivity contribution in [3.8, 4) is 0 Å². The molecule has 0 bridgehead atoms. The van der Waals surface area contributed by atoms with Crippen molar-refractivity contribution in [3.63, 3.8) is 0 Å². The van der Waals surface area contributed by atoms with Gasteiger partial charge in [-0.2, -0.15) is 0 Å². The molecule has 7 heteroatoms. The number of carbonyl (C=O) groups excluding carboxylic acids is 1. The third-order valence-electron chi connectivity index (χ3n) is 4.41. The highest BCUT2D eigenvalue weighted by molar-refractivity contribution is 9.10. The molecule has 1 aliphatic rings. The first-order valence-electron chi connectivity index (χ1n) is 7.81. The molecule has 1 amide bonds. The SMILES string of the molecule is Cc1c(Br)c2ccccc2n1CC(=O)N1CCOCC1CC(=O)O. The molecule has 128 valence electrons. The normalized spacial score (nSPS) is 18.1. The number of hydrogen-bond acceptors (Lipinski definition) is 3. The van der Waals surface area contributed by atoms with E-state index >= 15 is 0 Å². The Morgan fingerprint density at radius 3 is 2.88 bits per heavy atom. The molecule has 3 rings (SSSR count). The zero-order valence-electron chi connectivity index (χ0n) is 13.4. The number of morpholine rings is 1. The predicted molar refractivity (Wildman–Crippen MR) is 92.9 cm³/mol. The van der Waals surface area contributed by atoms with E-state index in [-0.39, 0.29) is 25.5 Å². The number of carbonyl (C=O) groups is 2. The molecule has 24 heavy (non-hydrogen) atoms. The highest BCUT2D eigenvalue weighted by atomic mass is 79.9. The van der Waals surface area contributed by atoms with Crippen molar-refractivity contribution < 1.29 is 19.4 Å². The van der Waals surface area contributed by atoms with E-state index in [2.05, 4.69) is 15.9 Å². The van der Waals surface area contributed by atoms with Gasteiger partial charge in [0.25, 0.3) is 0 Å². The first-order valence-corrected chi connectivity index (χ1v) is 8.60. The zero-order chi connectivity index (χ0) is 17.3. The number of rotatable bonds is 4. The third-order valence-corrected chi connectivity index (χ3v) is 5.41. The first kappa shape index (κ1) is 17.0. The fourth-order valence-corrected chi connectivity index (χ4v) is 3.72. The van der Waals surface area contributed by atoms with Crippen LogP contribution in [-0.4, -0.2) is 52.3 Å². The molecule has 2 aromatic rings. The van der Waals surface area contributed by atoms with Crippen molar-refractivity contribution in [2.75, 3.05) is 19.8 Å². The molecule has 6 nitrogen and oxygen atoms in total. The largest absolute Gasteiger partial charge is 0.481 e. The average molecular weight is 395 g/mol. The number of nitrogens with zero attached hydrogens (tertiary/aromatic N) is 2. The summed E-state index contributed by atoms with van der Waals surface area (Å²) in [5, 5.41) is 10.1. The number of amides is 1. The van der Waals surface area contributed by atoms with E-state index in [1.807, 2.05) is 35.8 Å². The van der Waals surface area contributed by atoms with E-state index in [9.17, 15) is 9.59 Å². The molecule has 2 heterocycles. The van der Waals surface area contributed by atoms with Gasteiger partial charge in [0.2, 0.25) is 5.91 Å². The Bertz CT molecular complexity index is 786. The number of carboxylic acid groups (broad SMARTS) is 1. The monoisotopic (exact) mass is 394 g/mol. The van der Waals surface area contributed by atoms with E-state index in [1.165, 1.54) is 0 Å². The molecule has 1 unspecified atom stereocenters. The van der Waals surface area contributed by atoms with E-state index in [0.717, 1.165) is 21.1 Å². The lowest BCUT2D eigenvalue weighted by Crippen LogP contribution is -2.50. The number of para-hydroxylation sites is 1. The number of halogens is 1. The lowest BCUT2D eigenvalue weighted by molar-refractivity contribution is -0.146. The maximum atomic E-state index is 12.8. The maximum Gasteiger partial charge on any atom is 0.305 e. The van der Waals surface area contributed by atoms with Crippen molar-refractivity contribution in [1.82, 2.24) is 9.47 Å². The Labute approximate surface area is 148 Å². The number of aromatic nitrogens is 1. The van der Waals surface area contributed by atoms with Crippen LogP contribution >= 0.6 is 15.9 Å². The Morgan fingerprint density at radius 1 is 1.38 bits per heavy atom. The molecule has 1 fully saturated rings. The highest BCUT2D eigenvalue weighted by Gasteiger charge is 2.29. The van der Waals surface area contributed by atoms with Crippen molar-refractivity contribution in [3.05, 3.63) is 34.4 Å². The minimum Gasteiger partial charge on any atom is -0.481 e. The second-order valence-corrected chi connectivity index (χ2v) is 6.71. The molecule has 0 aliphatic carbocycles. The number of ether oxygens (including phenoxy) is 1. The summed E-state index contributed by atoms with van der Waals surface area (Å²) in [6, 6.07) is 7.49. The molecule has 1 aromatic carbocycles. The number of aliphatic carboxylic acids is 1. The topological polar surface area (TPSA) is 71.8 Å². The molecule has 1 N–H and O–H groups in total.